The van der Waals surface area contributed by atoms with Crippen LogP contribution in [0.15, 0.2) is 42.5 Å². The first-order chi connectivity index (χ1) is 14.5. The fourth-order valence-corrected chi connectivity index (χ4v) is 3.23. The Labute approximate surface area is 185 Å². The SMILES string of the molecule is COc1ccc(CN(C(=O)COc2cc(C)cc(C)c2)[C@H](C)C(=O)NC(C)(C)C)cc1. The molecule has 0 fully saturated rings. The summed E-state index contributed by atoms with van der Waals surface area (Å²) in [5.41, 5.74) is 2.64. The molecule has 0 heterocycles. The summed E-state index contributed by atoms with van der Waals surface area (Å²) in [5, 5.41) is 2.95. The van der Waals surface area contributed by atoms with E-state index in [1.807, 2.05) is 77.1 Å². The van der Waals surface area contributed by atoms with Gasteiger partial charge < -0.3 is 19.7 Å². The fourth-order valence-electron chi connectivity index (χ4n) is 3.23. The molecule has 2 aromatic carbocycles. The predicted molar refractivity (Wildman–Crippen MR) is 122 cm³/mol. The number of carbonyl (C=O) groups excluding carboxylic acids is 2. The van der Waals surface area contributed by atoms with Crippen molar-refractivity contribution in [3.63, 3.8) is 0 Å². The molecule has 0 radical (unpaired) electrons. The molecule has 6 heteroatoms. The summed E-state index contributed by atoms with van der Waals surface area (Å²) in [5.74, 6) is 0.910. The number of nitrogens with one attached hydrogen (secondary N) is 1. The second-order valence-electron chi connectivity index (χ2n) is 8.90. The number of hydrogen-bond donors (Lipinski definition) is 1. The summed E-state index contributed by atoms with van der Waals surface area (Å²) in [6, 6.07) is 12.6. The highest BCUT2D eigenvalue weighted by Gasteiger charge is 2.28. The smallest absolute Gasteiger partial charge is 0.261 e. The van der Waals surface area contributed by atoms with E-state index >= 15 is 0 Å². The van der Waals surface area contributed by atoms with Gasteiger partial charge in [-0.3, -0.25) is 9.59 Å². The molecule has 0 saturated heterocycles. The number of methoxy groups -OCH3 is 1. The van der Waals surface area contributed by atoms with Gasteiger partial charge >= 0.3 is 0 Å². The van der Waals surface area contributed by atoms with Crippen molar-refractivity contribution in [1.82, 2.24) is 10.2 Å². The van der Waals surface area contributed by atoms with Crippen LogP contribution < -0.4 is 14.8 Å². The Hall–Kier alpha value is -3.02. The Balaban J connectivity index is 2.19. The summed E-state index contributed by atoms with van der Waals surface area (Å²) in [6.45, 7) is 11.6. The number of ether oxygens (including phenoxy) is 2. The summed E-state index contributed by atoms with van der Waals surface area (Å²) >= 11 is 0. The summed E-state index contributed by atoms with van der Waals surface area (Å²) < 4.78 is 11.0. The van der Waals surface area contributed by atoms with Crippen molar-refractivity contribution in [2.45, 2.75) is 59.7 Å². The fraction of sp³-hybridized carbons (Fsp3) is 0.440. The molecule has 2 amide bonds. The minimum atomic E-state index is -0.656. The standard InChI is InChI=1S/C25H34N2O4/c1-17-12-18(2)14-22(13-17)31-16-23(28)27(19(3)24(29)26-25(4,5)6)15-20-8-10-21(30-7)11-9-20/h8-14,19H,15-16H2,1-7H3,(H,26,29)/t19-/m1/s1. The van der Waals surface area contributed by atoms with Crippen molar-refractivity contribution >= 4 is 11.8 Å². The van der Waals surface area contributed by atoms with Crippen LogP contribution in [-0.2, 0) is 16.1 Å². The van der Waals surface area contributed by atoms with Crippen molar-refractivity contribution in [2.75, 3.05) is 13.7 Å². The third-order valence-corrected chi connectivity index (χ3v) is 4.73. The average Bonchev–Trinajstić information content (AvgIpc) is 2.68. The van der Waals surface area contributed by atoms with Gasteiger partial charge in [0, 0.05) is 12.1 Å². The lowest BCUT2D eigenvalue weighted by atomic mass is 10.1. The third kappa shape index (κ3) is 7.63. The minimum absolute atomic E-state index is 0.147. The van der Waals surface area contributed by atoms with Crippen LogP contribution >= 0.6 is 0 Å². The number of nitrogens with zero attached hydrogens (tertiary/aromatic N) is 1. The topological polar surface area (TPSA) is 67.9 Å². The van der Waals surface area contributed by atoms with E-state index in [2.05, 4.69) is 5.32 Å². The van der Waals surface area contributed by atoms with Crippen molar-refractivity contribution < 1.29 is 19.1 Å². The molecule has 0 bridgehead atoms. The van der Waals surface area contributed by atoms with Gasteiger partial charge in [-0.1, -0.05) is 18.2 Å². The average molecular weight is 427 g/mol. The summed E-state index contributed by atoms with van der Waals surface area (Å²) in [7, 11) is 1.61. The molecular formula is C25H34N2O4. The molecule has 0 unspecified atom stereocenters. The molecule has 31 heavy (non-hydrogen) atoms. The van der Waals surface area contributed by atoms with E-state index in [1.54, 1.807) is 18.9 Å². The van der Waals surface area contributed by atoms with Crippen LogP contribution in [0.4, 0.5) is 0 Å². The van der Waals surface area contributed by atoms with E-state index in [1.165, 1.54) is 0 Å². The number of benzene rings is 2. The highest BCUT2D eigenvalue weighted by molar-refractivity contribution is 5.88. The molecule has 0 spiro atoms. The van der Waals surface area contributed by atoms with Gasteiger partial charge in [0.15, 0.2) is 6.61 Å². The summed E-state index contributed by atoms with van der Waals surface area (Å²) in [6.07, 6.45) is 0. The molecular weight excluding hydrogens is 392 g/mol. The first-order valence-electron chi connectivity index (χ1n) is 10.4. The Bertz CT molecular complexity index is 880. The van der Waals surface area contributed by atoms with Gasteiger partial charge in [-0.25, -0.2) is 0 Å². The molecule has 1 N–H and O–H groups in total. The number of carbonyl (C=O) groups is 2. The first kappa shape index (κ1) is 24.3. The highest BCUT2D eigenvalue weighted by atomic mass is 16.5. The van der Waals surface area contributed by atoms with Gasteiger partial charge in [-0.2, -0.15) is 0 Å². The molecule has 2 aromatic rings. The van der Waals surface area contributed by atoms with E-state index in [-0.39, 0.29) is 25.0 Å². The number of rotatable bonds is 8. The quantitative estimate of drug-likeness (QED) is 0.692. The second kappa shape index (κ2) is 10.3. The van der Waals surface area contributed by atoms with E-state index in [0.717, 1.165) is 22.4 Å². The Kier molecular flexibility index (Phi) is 8.08. The third-order valence-electron chi connectivity index (χ3n) is 4.73. The van der Waals surface area contributed by atoms with Crippen LogP contribution in [0.1, 0.15) is 44.4 Å². The molecule has 0 aliphatic heterocycles. The van der Waals surface area contributed by atoms with Gasteiger partial charge in [0.1, 0.15) is 17.5 Å². The van der Waals surface area contributed by atoms with Crippen molar-refractivity contribution in [2.24, 2.45) is 0 Å². The largest absolute Gasteiger partial charge is 0.497 e. The normalized spacial score (nSPS) is 12.1. The zero-order valence-electron chi connectivity index (χ0n) is 19.6. The molecule has 0 aromatic heterocycles. The van der Waals surface area contributed by atoms with Gasteiger partial charge in [0.25, 0.3) is 5.91 Å². The van der Waals surface area contributed by atoms with E-state index in [9.17, 15) is 9.59 Å². The Morgan fingerprint density at radius 1 is 1.00 bits per heavy atom. The van der Waals surface area contributed by atoms with Gasteiger partial charge in [-0.15, -0.1) is 0 Å². The van der Waals surface area contributed by atoms with E-state index in [0.29, 0.717) is 5.75 Å². The molecule has 1 atom stereocenters. The minimum Gasteiger partial charge on any atom is -0.497 e. The maximum atomic E-state index is 13.1. The van der Waals surface area contributed by atoms with Gasteiger partial charge in [0.2, 0.25) is 5.91 Å². The Morgan fingerprint density at radius 2 is 1.58 bits per heavy atom. The van der Waals surface area contributed by atoms with Crippen LogP contribution in [0.2, 0.25) is 0 Å². The van der Waals surface area contributed by atoms with E-state index < -0.39 is 11.6 Å². The zero-order valence-corrected chi connectivity index (χ0v) is 19.6. The second-order valence-corrected chi connectivity index (χ2v) is 8.90. The summed E-state index contributed by atoms with van der Waals surface area (Å²) in [4.78, 5) is 27.5. The predicted octanol–water partition coefficient (Wildman–Crippen LogP) is 4.02. The van der Waals surface area contributed by atoms with Crippen LogP contribution in [-0.4, -0.2) is 42.0 Å². The van der Waals surface area contributed by atoms with Crippen LogP contribution in [0.5, 0.6) is 11.5 Å². The molecule has 0 aliphatic rings. The molecule has 0 saturated carbocycles. The Morgan fingerprint density at radius 3 is 2.10 bits per heavy atom. The number of hydrogen-bond acceptors (Lipinski definition) is 4. The maximum absolute atomic E-state index is 13.1. The lowest BCUT2D eigenvalue weighted by molar-refractivity contribution is -0.142. The van der Waals surface area contributed by atoms with E-state index in [4.69, 9.17) is 9.47 Å². The lowest BCUT2D eigenvalue weighted by Gasteiger charge is -2.31. The van der Waals surface area contributed by atoms with Crippen LogP contribution in [0.3, 0.4) is 0 Å². The van der Waals surface area contributed by atoms with Gasteiger partial charge in [-0.05, 0) is 82.5 Å². The van der Waals surface area contributed by atoms with Crippen molar-refractivity contribution in [3.8, 4) is 11.5 Å². The first-order valence-corrected chi connectivity index (χ1v) is 10.4. The van der Waals surface area contributed by atoms with Crippen molar-refractivity contribution in [3.05, 3.63) is 59.2 Å². The zero-order chi connectivity index (χ0) is 23.2. The molecule has 2 rings (SSSR count). The van der Waals surface area contributed by atoms with Crippen LogP contribution in [0.25, 0.3) is 0 Å². The monoisotopic (exact) mass is 426 g/mol. The molecule has 6 nitrogen and oxygen atoms in total. The maximum Gasteiger partial charge on any atom is 0.261 e. The highest BCUT2D eigenvalue weighted by Crippen LogP contribution is 2.18. The van der Waals surface area contributed by atoms with Gasteiger partial charge in [0.05, 0.1) is 7.11 Å². The number of amides is 2. The molecule has 168 valence electrons. The lowest BCUT2D eigenvalue weighted by Crippen LogP contribution is -2.53. The molecule has 0 aliphatic carbocycles. The van der Waals surface area contributed by atoms with Crippen LogP contribution in [0, 0.1) is 13.8 Å². The number of aryl methyl sites for hydroxylation is 2. The van der Waals surface area contributed by atoms with Crippen molar-refractivity contribution in [1.29, 1.82) is 0 Å².